The van der Waals surface area contributed by atoms with E-state index in [2.05, 4.69) is 0 Å². The van der Waals surface area contributed by atoms with Crippen LogP contribution < -0.4 is 11.3 Å². The van der Waals surface area contributed by atoms with Crippen LogP contribution in [0.2, 0.25) is 0 Å². The Kier molecular flexibility index (Phi) is 5.16. The van der Waals surface area contributed by atoms with Crippen molar-refractivity contribution in [3.8, 4) is 0 Å². The number of hydrogen-bond donors (Lipinski definition) is 2. The first kappa shape index (κ1) is 14.3. The average Bonchev–Trinajstić information content (AvgIpc) is 2.42. The van der Waals surface area contributed by atoms with Gasteiger partial charge in [0.25, 0.3) is 5.56 Å². The van der Waals surface area contributed by atoms with E-state index in [1.54, 1.807) is 18.3 Å². The van der Waals surface area contributed by atoms with Crippen molar-refractivity contribution < 1.29 is 5.11 Å². The largest absolute Gasteiger partial charge is 0.390 e. The minimum Gasteiger partial charge on any atom is -0.390 e. The highest BCUT2D eigenvalue weighted by molar-refractivity contribution is 4.94. The van der Waals surface area contributed by atoms with Crippen LogP contribution >= 0.6 is 0 Å². The fourth-order valence-corrected chi connectivity index (χ4v) is 2.91. The third kappa shape index (κ3) is 4.18. The minimum absolute atomic E-state index is 0.0913. The Morgan fingerprint density at radius 2 is 2.05 bits per heavy atom. The van der Waals surface area contributed by atoms with Gasteiger partial charge in [-0.3, -0.25) is 4.79 Å². The number of pyridine rings is 1. The van der Waals surface area contributed by atoms with Crippen molar-refractivity contribution in [1.29, 1.82) is 0 Å². The van der Waals surface area contributed by atoms with Crippen molar-refractivity contribution >= 4 is 0 Å². The lowest BCUT2D eigenvalue weighted by Crippen LogP contribution is -2.41. The third-order valence-electron chi connectivity index (χ3n) is 4.11. The Morgan fingerprint density at radius 1 is 1.32 bits per heavy atom. The van der Waals surface area contributed by atoms with E-state index in [-0.39, 0.29) is 18.1 Å². The van der Waals surface area contributed by atoms with E-state index in [0.717, 1.165) is 6.42 Å². The van der Waals surface area contributed by atoms with Crippen molar-refractivity contribution in [2.45, 2.75) is 57.2 Å². The lowest BCUT2D eigenvalue weighted by atomic mass is 9.84. The van der Waals surface area contributed by atoms with Gasteiger partial charge in [0, 0.05) is 18.3 Å². The second-order valence-corrected chi connectivity index (χ2v) is 5.66. The molecule has 106 valence electrons. The Morgan fingerprint density at radius 3 is 2.74 bits per heavy atom. The Balaban J connectivity index is 1.86. The van der Waals surface area contributed by atoms with E-state index in [1.165, 1.54) is 42.7 Å². The molecule has 0 aromatic carbocycles. The number of hydrogen-bond acceptors (Lipinski definition) is 3. The fraction of sp³-hybridized carbons (Fsp3) is 0.667. The molecule has 1 fully saturated rings. The molecule has 0 aliphatic heterocycles. The molecule has 1 aliphatic carbocycles. The van der Waals surface area contributed by atoms with E-state index < -0.39 is 6.10 Å². The van der Waals surface area contributed by atoms with Crippen molar-refractivity contribution in [1.82, 2.24) is 4.57 Å². The summed E-state index contributed by atoms with van der Waals surface area (Å²) in [5.41, 5.74) is 5.99. The van der Waals surface area contributed by atoms with Crippen molar-refractivity contribution in [2.75, 3.05) is 0 Å². The number of aromatic nitrogens is 1. The molecule has 4 heteroatoms. The molecule has 4 nitrogen and oxygen atoms in total. The van der Waals surface area contributed by atoms with Gasteiger partial charge < -0.3 is 15.4 Å². The summed E-state index contributed by atoms with van der Waals surface area (Å²) in [5.74, 6) is 0.644. The monoisotopic (exact) mass is 264 g/mol. The molecule has 0 spiro atoms. The maximum atomic E-state index is 11.6. The van der Waals surface area contributed by atoms with Crippen LogP contribution in [0.25, 0.3) is 0 Å². The quantitative estimate of drug-likeness (QED) is 0.847. The molecule has 1 aliphatic rings. The second-order valence-electron chi connectivity index (χ2n) is 5.66. The zero-order valence-corrected chi connectivity index (χ0v) is 11.4. The summed E-state index contributed by atoms with van der Waals surface area (Å²) in [6.45, 7) is 0.285. The molecule has 1 aromatic rings. The zero-order valence-electron chi connectivity index (χ0n) is 11.4. The first-order valence-electron chi connectivity index (χ1n) is 7.26. The predicted molar refractivity (Wildman–Crippen MR) is 75.9 cm³/mol. The average molecular weight is 264 g/mol. The Bertz CT molecular complexity index is 438. The summed E-state index contributed by atoms with van der Waals surface area (Å²) < 4.78 is 1.52. The van der Waals surface area contributed by atoms with E-state index in [9.17, 15) is 9.90 Å². The number of nitrogens with zero attached hydrogens (tertiary/aromatic N) is 1. The molecule has 0 bridgehead atoms. The van der Waals surface area contributed by atoms with Crippen molar-refractivity contribution in [3.05, 3.63) is 34.7 Å². The number of aliphatic hydroxyl groups is 1. The number of nitrogens with two attached hydrogens (primary N) is 1. The molecule has 0 saturated heterocycles. The standard InChI is InChI=1S/C15H24N2O2/c16-13(10-12-6-2-1-3-7-12)14(18)11-17-9-5-4-8-15(17)19/h4-5,8-9,12-14,18H,1-3,6-7,10-11,16H2/t13-,14-/m0/s1. The van der Waals surface area contributed by atoms with Gasteiger partial charge in [0.1, 0.15) is 0 Å². The van der Waals surface area contributed by atoms with E-state index >= 15 is 0 Å². The fourth-order valence-electron chi connectivity index (χ4n) is 2.91. The summed E-state index contributed by atoms with van der Waals surface area (Å²) in [5, 5.41) is 10.1. The van der Waals surface area contributed by atoms with Crippen LogP contribution in [0, 0.1) is 5.92 Å². The Hall–Kier alpha value is -1.13. The van der Waals surface area contributed by atoms with Crippen LogP contribution in [0.15, 0.2) is 29.2 Å². The van der Waals surface area contributed by atoms with Gasteiger partial charge in [-0.15, -0.1) is 0 Å². The minimum atomic E-state index is -0.651. The third-order valence-corrected chi connectivity index (χ3v) is 4.11. The van der Waals surface area contributed by atoms with Crippen LogP contribution in [0.5, 0.6) is 0 Å². The lowest BCUT2D eigenvalue weighted by molar-refractivity contribution is 0.108. The van der Waals surface area contributed by atoms with Gasteiger partial charge in [-0.25, -0.2) is 0 Å². The molecule has 0 unspecified atom stereocenters. The first-order chi connectivity index (χ1) is 9.16. The SMILES string of the molecule is N[C@@H](CC1CCCCC1)[C@@H](O)Cn1ccccc1=O. The summed E-state index contributed by atoms with van der Waals surface area (Å²) in [6, 6.07) is 4.75. The van der Waals surface area contributed by atoms with Gasteiger partial charge in [0.2, 0.25) is 0 Å². The van der Waals surface area contributed by atoms with E-state index in [1.807, 2.05) is 0 Å². The highest BCUT2D eigenvalue weighted by Gasteiger charge is 2.22. The van der Waals surface area contributed by atoms with Gasteiger partial charge in [-0.1, -0.05) is 38.2 Å². The molecule has 2 rings (SSSR count). The number of rotatable bonds is 5. The van der Waals surface area contributed by atoms with E-state index in [0.29, 0.717) is 5.92 Å². The Labute approximate surface area is 114 Å². The molecule has 1 heterocycles. The summed E-state index contributed by atoms with van der Waals surface area (Å²) in [4.78, 5) is 11.6. The van der Waals surface area contributed by atoms with Gasteiger partial charge in [0.15, 0.2) is 0 Å². The zero-order chi connectivity index (χ0) is 13.7. The smallest absolute Gasteiger partial charge is 0.250 e. The first-order valence-corrected chi connectivity index (χ1v) is 7.26. The van der Waals surface area contributed by atoms with Crippen LogP contribution in [0.1, 0.15) is 38.5 Å². The van der Waals surface area contributed by atoms with E-state index in [4.69, 9.17) is 5.73 Å². The van der Waals surface area contributed by atoms with Crippen LogP contribution in [-0.2, 0) is 6.54 Å². The molecular formula is C15H24N2O2. The molecule has 3 N–H and O–H groups in total. The molecule has 2 atom stereocenters. The van der Waals surface area contributed by atoms with Crippen molar-refractivity contribution in [3.63, 3.8) is 0 Å². The number of aliphatic hydroxyl groups excluding tert-OH is 1. The molecule has 0 amide bonds. The molecule has 1 aromatic heterocycles. The highest BCUT2D eigenvalue weighted by Crippen LogP contribution is 2.27. The van der Waals surface area contributed by atoms with Crippen molar-refractivity contribution in [2.24, 2.45) is 11.7 Å². The maximum Gasteiger partial charge on any atom is 0.250 e. The lowest BCUT2D eigenvalue weighted by Gasteiger charge is -2.27. The van der Waals surface area contributed by atoms with Crippen LogP contribution in [0.4, 0.5) is 0 Å². The maximum absolute atomic E-state index is 11.6. The van der Waals surface area contributed by atoms with Gasteiger partial charge in [0.05, 0.1) is 12.6 Å². The van der Waals surface area contributed by atoms with Gasteiger partial charge >= 0.3 is 0 Å². The molecular weight excluding hydrogens is 240 g/mol. The molecule has 1 saturated carbocycles. The summed E-state index contributed by atoms with van der Waals surface area (Å²) in [7, 11) is 0. The topological polar surface area (TPSA) is 68.2 Å². The summed E-state index contributed by atoms with van der Waals surface area (Å²) >= 11 is 0. The second kappa shape index (κ2) is 6.87. The van der Waals surface area contributed by atoms with Crippen LogP contribution in [-0.4, -0.2) is 21.8 Å². The van der Waals surface area contributed by atoms with Gasteiger partial charge in [-0.2, -0.15) is 0 Å². The molecule has 19 heavy (non-hydrogen) atoms. The summed E-state index contributed by atoms with van der Waals surface area (Å²) in [6.07, 6.45) is 8.26. The molecule has 0 radical (unpaired) electrons. The normalized spacial score (nSPS) is 20.1. The van der Waals surface area contributed by atoms with Crippen LogP contribution in [0.3, 0.4) is 0 Å². The highest BCUT2D eigenvalue weighted by atomic mass is 16.3. The van der Waals surface area contributed by atoms with Gasteiger partial charge in [-0.05, 0) is 18.4 Å². The predicted octanol–water partition coefficient (Wildman–Crippen LogP) is 1.51.